The summed E-state index contributed by atoms with van der Waals surface area (Å²) in [6.07, 6.45) is 1.24. The number of hydrogen-bond donors (Lipinski definition) is 2. The first-order chi connectivity index (χ1) is 15.2. The van der Waals surface area contributed by atoms with Gasteiger partial charge in [-0.05, 0) is 74.4 Å². The lowest BCUT2D eigenvalue weighted by Crippen LogP contribution is -2.30. The molecule has 9 heteroatoms. The number of halogens is 1. The molecule has 0 fully saturated rings. The van der Waals surface area contributed by atoms with Gasteiger partial charge in [0, 0.05) is 5.02 Å². The third kappa shape index (κ3) is 3.65. The highest BCUT2D eigenvalue weighted by Gasteiger charge is 2.30. The Hall–Kier alpha value is -3.91. The highest BCUT2D eigenvalue weighted by Crippen LogP contribution is 2.27. The lowest BCUT2D eigenvalue weighted by atomic mass is 10.1. The highest BCUT2D eigenvalue weighted by molar-refractivity contribution is 6.32. The molecule has 3 aromatic rings. The Morgan fingerprint density at radius 3 is 2.28 bits per heavy atom. The Kier molecular flexibility index (Phi) is 5.31. The number of hydrogen-bond acceptors (Lipinski definition) is 5. The van der Waals surface area contributed by atoms with Crippen LogP contribution in [0.15, 0.2) is 62.7 Å². The molecule has 1 amide bonds. The van der Waals surface area contributed by atoms with Gasteiger partial charge >= 0.3 is 5.69 Å². The molecule has 0 spiro atoms. The van der Waals surface area contributed by atoms with Crippen LogP contribution in [0.4, 0.5) is 5.69 Å². The minimum atomic E-state index is -0.814. The number of aryl methyl sites for hydroxylation is 2. The fraction of sp³-hybridized carbons (Fsp3) is 0.130. The molecule has 8 nitrogen and oxygen atoms in total. The van der Waals surface area contributed by atoms with Crippen molar-refractivity contribution >= 4 is 35.0 Å². The van der Waals surface area contributed by atoms with Crippen LogP contribution in [-0.2, 0) is 4.79 Å². The Bertz CT molecular complexity index is 1430. The first kappa shape index (κ1) is 21.3. The average Bonchev–Trinajstić information content (AvgIpc) is 3.02. The van der Waals surface area contributed by atoms with Crippen molar-refractivity contribution in [2.45, 2.75) is 20.8 Å². The van der Waals surface area contributed by atoms with E-state index in [2.05, 4.69) is 10.1 Å². The summed E-state index contributed by atoms with van der Waals surface area (Å²) in [6, 6.07) is 11.7. The third-order valence-electron chi connectivity index (χ3n) is 5.29. The molecule has 4 rings (SSSR count). The predicted octanol–water partition coefficient (Wildman–Crippen LogP) is 3.31. The Balaban J connectivity index is 1.82. The molecule has 0 saturated heterocycles. The predicted molar refractivity (Wildman–Crippen MR) is 124 cm³/mol. The van der Waals surface area contributed by atoms with Gasteiger partial charge in [0.05, 0.1) is 22.7 Å². The number of nitrogens with zero attached hydrogens (tertiary/aromatic N) is 3. The van der Waals surface area contributed by atoms with Gasteiger partial charge in [-0.25, -0.2) is 9.36 Å². The van der Waals surface area contributed by atoms with E-state index >= 15 is 0 Å². The first-order valence-electron chi connectivity index (χ1n) is 9.70. The van der Waals surface area contributed by atoms with Crippen molar-refractivity contribution in [3.05, 3.63) is 90.6 Å². The summed E-state index contributed by atoms with van der Waals surface area (Å²) < 4.78 is 0.989. The molecule has 2 heterocycles. The lowest BCUT2D eigenvalue weighted by molar-refractivity contribution is -0.114. The van der Waals surface area contributed by atoms with E-state index < -0.39 is 23.0 Å². The van der Waals surface area contributed by atoms with Crippen LogP contribution in [0, 0.1) is 13.8 Å². The molecular weight excluding hydrogens is 432 g/mol. The SMILES string of the molecule is CC1=NN(c2ccc(Cl)cc2)C(=O)/C1=C/c1c(O)n(-c2ccc(C)c(C)c2)c(=O)[nH]c1=O. The van der Waals surface area contributed by atoms with Gasteiger partial charge < -0.3 is 5.11 Å². The molecule has 0 radical (unpaired) electrons. The highest BCUT2D eigenvalue weighted by atomic mass is 35.5. The molecule has 2 N–H and O–H groups in total. The number of anilines is 1. The number of benzene rings is 2. The minimum Gasteiger partial charge on any atom is -0.494 e. The van der Waals surface area contributed by atoms with Crippen LogP contribution in [-0.4, -0.2) is 26.3 Å². The Morgan fingerprint density at radius 2 is 1.62 bits per heavy atom. The standard InChI is InChI=1S/C23H19ClN4O4/c1-12-4-7-17(10-13(12)2)27-21(30)19(20(29)25-23(27)32)11-18-14(3)26-28(22(18)31)16-8-5-15(24)6-9-16/h4-11,30H,1-3H3,(H,25,29,32)/b18-11+. The van der Waals surface area contributed by atoms with Gasteiger partial charge in [-0.2, -0.15) is 10.1 Å². The number of carbonyl (C=O) groups excluding carboxylic acids is 1. The Labute approximate surface area is 187 Å². The zero-order valence-electron chi connectivity index (χ0n) is 17.5. The summed E-state index contributed by atoms with van der Waals surface area (Å²) in [5.74, 6) is -1.05. The van der Waals surface area contributed by atoms with Crippen molar-refractivity contribution in [3.63, 3.8) is 0 Å². The molecule has 0 saturated carbocycles. The smallest absolute Gasteiger partial charge is 0.335 e. The van der Waals surface area contributed by atoms with E-state index in [1.54, 1.807) is 49.4 Å². The van der Waals surface area contributed by atoms with Gasteiger partial charge in [-0.1, -0.05) is 17.7 Å². The number of aromatic hydroxyl groups is 1. The van der Waals surface area contributed by atoms with Gasteiger partial charge in [0.2, 0.25) is 5.88 Å². The van der Waals surface area contributed by atoms with E-state index in [4.69, 9.17) is 11.6 Å². The third-order valence-corrected chi connectivity index (χ3v) is 5.54. The summed E-state index contributed by atoms with van der Waals surface area (Å²) in [6.45, 7) is 5.41. The molecular formula is C23H19ClN4O4. The normalized spacial score (nSPS) is 14.9. The van der Waals surface area contributed by atoms with Crippen molar-refractivity contribution in [1.82, 2.24) is 9.55 Å². The number of hydrazone groups is 1. The molecule has 0 aliphatic carbocycles. The van der Waals surface area contributed by atoms with Gasteiger partial charge in [0.15, 0.2) is 0 Å². The van der Waals surface area contributed by atoms with Crippen LogP contribution >= 0.6 is 11.6 Å². The summed E-state index contributed by atoms with van der Waals surface area (Å²) in [5, 5.41) is 16.8. The molecule has 0 atom stereocenters. The second kappa shape index (κ2) is 7.97. The van der Waals surface area contributed by atoms with E-state index in [1.165, 1.54) is 11.1 Å². The summed E-state index contributed by atoms with van der Waals surface area (Å²) in [7, 11) is 0. The largest absolute Gasteiger partial charge is 0.494 e. The second-order valence-electron chi connectivity index (χ2n) is 7.44. The fourth-order valence-corrected chi connectivity index (χ4v) is 3.48. The van der Waals surface area contributed by atoms with Crippen molar-refractivity contribution in [3.8, 4) is 11.6 Å². The molecule has 2 aromatic carbocycles. The molecule has 162 valence electrons. The second-order valence-corrected chi connectivity index (χ2v) is 7.87. The van der Waals surface area contributed by atoms with E-state index in [9.17, 15) is 19.5 Å². The van der Waals surface area contributed by atoms with Gasteiger partial charge in [-0.3, -0.25) is 14.6 Å². The fourth-order valence-electron chi connectivity index (χ4n) is 3.36. The average molecular weight is 451 g/mol. The van der Waals surface area contributed by atoms with E-state index in [1.807, 2.05) is 13.8 Å². The zero-order valence-corrected chi connectivity index (χ0v) is 18.3. The van der Waals surface area contributed by atoms with Crippen molar-refractivity contribution in [2.75, 3.05) is 5.01 Å². The molecule has 32 heavy (non-hydrogen) atoms. The van der Waals surface area contributed by atoms with Gasteiger partial charge in [0.1, 0.15) is 5.56 Å². The number of nitrogens with one attached hydrogen (secondary N) is 1. The molecule has 0 unspecified atom stereocenters. The number of carbonyl (C=O) groups is 1. The van der Waals surface area contributed by atoms with Crippen LogP contribution in [0.1, 0.15) is 23.6 Å². The maximum Gasteiger partial charge on any atom is 0.335 e. The van der Waals surface area contributed by atoms with Crippen LogP contribution < -0.4 is 16.3 Å². The number of rotatable bonds is 3. The topological polar surface area (TPSA) is 108 Å². The molecule has 1 aliphatic heterocycles. The van der Waals surface area contributed by atoms with E-state index in [-0.39, 0.29) is 11.1 Å². The number of aromatic amines is 1. The lowest BCUT2D eigenvalue weighted by Gasteiger charge is -2.12. The van der Waals surface area contributed by atoms with Crippen molar-refractivity contribution in [1.29, 1.82) is 0 Å². The van der Waals surface area contributed by atoms with Crippen LogP contribution in [0.25, 0.3) is 11.8 Å². The molecule has 0 bridgehead atoms. The quantitative estimate of drug-likeness (QED) is 0.597. The summed E-state index contributed by atoms with van der Waals surface area (Å²) >= 11 is 5.91. The zero-order chi connectivity index (χ0) is 23.2. The molecule has 1 aromatic heterocycles. The maximum absolute atomic E-state index is 13.0. The first-order valence-corrected chi connectivity index (χ1v) is 10.1. The number of H-pyrrole nitrogens is 1. The minimum absolute atomic E-state index is 0.117. The maximum atomic E-state index is 13.0. The van der Waals surface area contributed by atoms with Crippen molar-refractivity contribution in [2.24, 2.45) is 5.10 Å². The summed E-state index contributed by atoms with van der Waals surface area (Å²) in [5.41, 5.74) is 1.45. The Morgan fingerprint density at radius 1 is 0.969 bits per heavy atom. The summed E-state index contributed by atoms with van der Waals surface area (Å²) in [4.78, 5) is 40.1. The van der Waals surface area contributed by atoms with Crippen LogP contribution in [0.3, 0.4) is 0 Å². The van der Waals surface area contributed by atoms with Gasteiger partial charge in [-0.15, -0.1) is 0 Å². The monoisotopic (exact) mass is 450 g/mol. The number of amides is 1. The number of aromatic nitrogens is 2. The molecule has 1 aliphatic rings. The van der Waals surface area contributed by atoms with Crippen LogP contribution in [0.2, 0.25) is 5.02 Å². The van der Waals surface area contributed by atoms with Crippen LogP contribution in [0.5, 0.6) is 5.88 Å². The van der Waals surface area contributed by atoms with Gasteiger partial charge in [0.25, 0.3) is 11.5 Å². The van der Waals surface area contributed by atoms with E-state index in [0.29, 0.717) is 22.1 Å². The van der Waals surface area contributed by atoms with Crippen molar-refractivity contribution < 1.29 is 9.90 Å². The van der Waals surface area contributed by atoms with E-state index in [0.717, 1.165) is 15.7 Å².